The molecule has 3 N–H and O–H groups in total. The molecule has 0 aliphatic carbocycles. The van der Waals surface area contributed by atoms with Crippen molar-refractivity contribution >= 4 is 56.2 Å². The van der Waals surface area contributed by atoms with Gasteiger partial charge in [-0.25, -0.2) is 4.98 Å². The number of piperidine rings is 1. The molecule has 1 fully saturated rings. The lowest BCUT2D eigenvalue weighted by atomic mass is 9.72. The van der Waals surface area contributed by atoms with Gasteiger partial charge in [0.1, 0.15) is 0 Å². The van der Waals surface area contributed by atoms with E-state index < -0.39 is 5.41 Å². The van der Waals surface area contributed by atoms with Gasteiger partial charge in [-0.05, 0) is 55.5 Å². The number of anilines is 2. The number of hydrogen-bond acceptors (Lipinski definition) is 6. The number of amides is 3. The molecular weight excluding hydrogens is 448 g/mol. The minimum atomic E-state index is -0.639. The molecule has 3 amide bonds. The maximum absolute atomic E-state index is 12.6. The summed E-state index contributed by atoms with van der Waals surface area (Å²) in [4.78, 5) is 41.0. The number of carbonyl (C=O) groups is 3. The van der Waals surface area contributed by atoms with E-state index in [0.717, 1.165) is 57.7 Å². The highest BCUT2D eigenvalue weighted by Gasteiger charge is 2.42. The number of imide groups is 1. The van der Waals surface area contributed by atoms with Gasteiger partial charge in [0, 0.05) is 29.8 Å². The highest BCUT2D eigenvalue weighted by atomic mass is 32.1. The molecule has 1 atom stereocenters. The Morgan fingerprint density at radius 1 is 1.12 bits per heavy atom. The average Bonchev–Trinajstić information content (AvgIpc) is 3.43. The molecule has 0 spiro atoms. The van der Waals surface area contributed by atoms with E-state index in [2.05, 4.69) is 20.9 Å². The van der Waals surface area contributed by atoms with Gasteiger partial charge in [0.15, 0.2) is 0 Å². The number of thiazole rings is 1. The summed E-state index contributed by atoms with van der Waals surface area (Å²) >= 11 is 1.55. The van der Waals surface area contributed by atoms with Gasteiger partial charge in [-0.15, -0.1) is 11.3 Å². The number of unbranched alkanes of at least 4 members (excludes halogenated alkanes) is 1. The smallest absolute Gasteiger partial charge is 0.256 e. The van der Waals surface area contributed by atoms with Crippen LogP contribution in [0, 0.1) is 0 Å². The molecule has 1 unspecified atom stereocenters. The second-order valence-electron chi connectivity index (χ2n) is 8.72. The summed E-state index contributed by atoms with van der Waals surface area (Å²) in [5.41, 5.74) is 6.55. The summed E-state index contributed by atoms with van der Waals surface area (Å²) in [6, 6.07) is 11.8. The maximum Gasteiger partial charge on any atom is 0.256 e. The zero-order chi connectivity index (χ0) is 23.7. The monoisotopic (exact) mass is 474 g/mol. The van der Waals surface area contributed by atoms with Crippen LogP contribution in [0.25, 0.3) is 15.8 Å². The number of allylic oxidation sites excluding steroid dienone is 1. The van der Waals surface area contributed by atoms with E-state index in [1.807, 2.05) is 54.9 Å². The van der Waals surface area contributed by atoms with Crippen molar-refractivity contribution < 1.29 is 14.4 Å². The molecule has 3 heterocycles. The molecule has 174 valence electrons. The first-order chi connectivity index (χ1) is 16.5. The highest BCUT2D eigenvalue weighted by molar-refractivity contribution is 7.17. The Bertz CT molecular complexity index is 1310. The largest absolute Gasteiger partial charge is 0.385 e. The summed E-state index contributed by atoms with van der Waals surface area (Å²) in [6.45, 7) is 2.75. The molecule has 7 nitrogen and oxygen atoms in total. The summed E-state index contributed by atoms with van der Waals surface area (Å²) in [5.74, 6) is -0.455. The Hall–Kier alpha value is -3.52. The fourth-order valence-electron chi connectivity index (χ4n) is 4.85. The molecular formula is C26H26N4O3S. The van der Waals surface area contributed by atoms with E-state index in [4.69, 9.17) is 0 Å². The van der Waals surface area contributed by atoms with Crippen LogP contribution < -0.4 is 16.0 Å². The van der Waals surface area contributed by atoms with Crippen molar-refractivity contribution in [1.82, 2.24) is 10.3 Å². The first-order valence-corrected chi connectivity index (χ1v) is 12.5. The number of benzene rings is 2. The van der Waals surface area contributed by atoms with Crippen LogP contribution in [0.1, 0.15) is 50.2 Å². The van der Waals surface area contributed by atoms with Crippen LogP contribution >= 0.6 is 11.3 Å². The van der Waals surface area contributed by atoms with Crippen molar-refractivity contribution in [3.8, 4) is 0 Å². The quantitative estimate of drug-likeness (QED) is 0.264. The molecule has 5 rings (SSSR count). The van der Waals surface area contributed by atoms with Gasteiger partial charge in [0.25, 0.3) is 5.91 Å². The Kier molecular flexibility index (Phi) is 5.91. The molecule has 2 aromatic carbocycles. The molecule has 1 saturated heterocycles. The van der Waals surface area contributed by atoms with Crippen LogP contribution in [-0.4, -0.2) is 29.3 Å². The second kappa shape index (κ2) is 9.02. The molecule has 2 aliphatic heterocycles. The van der Waals surface area contributed by atoms with Gasteiger partial charge in [0.05, 0.1) is 26.8 Å². The van der Waals surface area contributed by atoms with Crippen molar-refractivity contribution in [2.24, 2.45) is 0 Å². The highest BCUT2D eigenvalue weighted by Crippen LogP contribution is 2.39. The molecule has 1 aromatic heterocycles. The summed E-state index contributed by atoms with van der Waals surface area (Å²) < 4.78 is 1.04. The fraction of sp³-hybridized carbons (Fsp3) is 0.308. The molecule has 8 heteroatoms. The third-order valence-electron chi connectivity index (χ3n) is 6.83. The van der Waals surface area contributed by atoms with Crippen LogP contribution in [0.15, 0.2) is 48.0 Å². The van der Waals surface area contributed by atoms with Crippen LogP contribution in [0.3, 0.4) is 0 Å². The molecule has 34 heavy (non-hydrogen) atoms. The van der Waals surface area contributed by atoms with E-state index in [9.17, 15) is 14.4 Å². The molecule has 0 saturated carbocycles. The topological polar surface area (TPSA) is 100 Å². The second-order valence-corrected chi connectivity index (χ2v) is 9.57. The minimum Gasteiger partial charge on any atom is -0.385 e. The Balaban J connectivity index is 1.20. The van der Waals surface area contributed by atoms with E-state index in [1.54, 1.807) is 11.3 Å². The van der Waals surface area contributed by atoms with Crippen LogP contribution in [0.4, 0.5) is 11.4 Å². The van der Waals surface area contributed by atoms with Crippen molar-refractivity contribution in [1.29, 1.82) is 0 Å². The van der Waals surface area contributed by atoms with Gasteiger partial charge in [-0.3, -0.25) is 19.7 Å². The third-order valence-corrected chi connectivity index (χ3v) is 7.69. The van der Waals surface area contributed by atoms with Crippen LogP contribution in [0.2, 0.25) is 0 Å². The fourth-order valence-corrected chi connectivity index (χ4v) is 5.70. The zero-order valence-electron chi connectivity index (χ0n) is 18.9. The van der Waals surface area contributed by atoms with Gasteiger partial charge < -0.3 is 10.6 Å². The summed E-state index contributed by atoms with van der Waals surface area (Å²) in [7, 11) is 0. The Morgan fingerprint density at radius 3 is 2.71 bits per heavy atom. The predicted octanol–water partition coefficient (Wildman–Crippen LogP) is 4.61. The molecule has 3 aromatic rings. The van der Waals surface area contributed by atoms with Crippen molar-refractivity contribution in [3.05, 3.63) is 59.1 Å². The number of rotatable bonds is 7. The van der Waals surface area contributed by atoms with Gasteiger partial charge in [0.2, 0.25) is 11.8 Å². The number of carbonyl (C=O) groups excluding carboxylic acids is 3. The summed E-state index contributed by atoms with van der Waals surface area (Å²) in [6.07, 6.45) is 5.22. The van der Waals surface area contributed by atoms with Gasteiger partial charge in [-0.2, -0.15) is 0 Å². The lowest BCUT2D eigenvalue weighted by molar-refractivity contribution is -0.138. The van der Waals surface area contributed by atoms with Crippen LogP contribution in [0.5, 0.6) is 0 Å². The predicted molar refractivity (Wildman–Crippen MR) is 135 cm³/mol. The molecule has 2 aliphatic rings. The maximum atomic E-state index is 12.6. The van der Waals surface area contributed by atoms with Crippen molar-refractivity contribution in [2.45, 2.75) is 44.4 Å². The Labute approximate surface area is 201 Å². The number of nitrogens with one attached hydrogen (secondary N) is 3. The number of fused-ring (bicyclic) bond motifs is 3. The van der Waals surface area contributed by atoms with E-state index >= 15 is 0 Å². The number of hydrogen-bond donors (Lipinski definition) is 3. The van der Waals surface area contributed by atoms with Crippen molar-refractivity contribution in [3.63, 3.8) is 0 Å². The molecule has 0 bridgehead atoms. The summed E-state index contributed by atoms with van der Waals surface area (Å²) in [5, 5.41) is 8.86. The standard InChI is InChI=1S/C26H26N4O3S/c1-2-26(13-12-21(31)30-25(26)33)16-6-8-17(9-7-16)27-14-4-3-5-18-22-19(29-24(18)32)10-11-20-23(22)34-15-28-20/h5-11,15,27H,2-4,12-14H2,1H3,(H,29,32)(H,30,31,33)/b18-5-. The Morgan fingerprint density at radius 2 is 1.94 bits per heavy atom. The van der Waals surface area contributed by atoms with E-state index in [0.29, 0.717) is 19.3 Å². The van der Waals surface area contributed by atoms with Crippen LogP contribution in [-0.2, 0) is 19.8 Å². The van der Waals surface area contributed by atoms with E-state index in [-0.39, 0.29) is 17.7 Å². The van der Waals surface area contributed by atoms with E-state index in [1.165, 1.54) is 0 Å². The van der Waals surface area contributed by atoms with Gasteiger partial charge in [-0.1, -0.05) is 25.1 Å². The first kappa shape index (κ1) is 22.3. The minimum absolute atomic E-state index is 0.0576. The lowest BCUT2D eigenvalue weighted by Gasteiger charge is -2.35. The average molecular weight is 475 g/mol. The van der Waals surface area contributed by atoms with Crippen molar-refractivity contribution in [2.75, 3.05) is 17.2 Å². The first-order valence-electron chi connectivity index (χ1n) is 11.6. The lowest BCUT2D eigenvalue weighted by Crippen LogP contribution is -2.51. The third kappa shape index (κ3) is 3.88. The number of nitrogens with zero attached hydrogens (tertiary/aromatic N) is 1. The number of aromatic nitrogens is 1. The molecule has 0 radical (unpaired) electrons. The normalized spacial score (nSPS) is 21.0. The zero-order valence-corrected chi connectivity index (χ0v) is 19.8. The SMILES string of the molecule is CCC1(c2ccc(NCCC/C=C3\C(=O)Nc4ccc5ncsc5c43)cc2)CCC(=O)NC1=O. The van der Waals surface area contributed by atoms with Gasteiger partial charge >= 0.3 is 0 Å².